The maximum atomic E-state index is 11.6. The molecular weight excluding hydrogens is 332 g/mol. The maximum absolute atomic E-state index is 11.6. The van der Waals surface area contributed by atoms with Gasteiger partial charge in [-0.2, -0.15) is 0 Å². The Morgan fingerprint density at radius 2 is 2.08 bits per heavy atom. The Morgan fingerprint density at radius 1 is 1.23 bits per heavy atom. The van der Waals surface area contributed by atoms with Crippen LogP contribution in [0.1, 0.15) is 37.8 Å². The molecule has 1 aliphatic carbocycles. The molecule has 3 rings (SSSR count). The Bertz CT molecular complexity index is 821. The predicted octanol–water partition coefficient (Wildman–Crippen LogP) is 4.13. The highest BCUT2D eigenvalue weighted by molar-refractivity contribution is 5.72. The number of hydrogen-bond acceptors (Lipinski definition) is 7. The number of hydrogen-bond donors (Lipinski definition) is 2. The summed E-state index contributed by atoms with van der Waals surface area (Å²) < 4.78 is 0. The number of aromatic nitrogens is 3. The van der Waals surface area contributed by atoms with Crippen molar-refractivity contribution in [2.75, 3.05) is 17.2 Å². The molecule has 0 bridgehead atoms. The zero-order valence-electron chi connectivity index (χ0n) is 14.7. The van der Waals surface area contributed by atoms with Gasteiger partial charge in [-0.25, -0.2) is 15.0 Å². The van der Waals surface area contributed by atoms with E-state index < -0.39 is 4.92 Å². The first-order valence-corrected chi connectivity index (χ1v) is 8.75. The van der Waals surface area contributed by atoms with Crippen LogP contribution in [0.4, 0.5) is 23.1 Å². The molecule has 0 aromatic carbocycles. The van der Waals surface area contributed by atoms with Gasteiger partial charge in [0, 0.05) is 12.2 Å². The summed E-state index contributed by atoms with van der Waals surface area (Å²) in [7, 11) is 0. The molecule has 8 heteroatoms. The fraction of sp³-hybridized carbons (Fsp3) is 0.389. The second-order valence-corrected chi connectivity index (χ2v) is 6.25. The summed E-state index contributed by atoms with van der Waals surface area (Å²) in [5.41, 5.74) is 2.04. The average molecular weight is 354 g/mol. The Kier molecular flexibility index (Phi) is 5.73. The molecule has 0 radical (unpaired) electrons. The zero-order chi connectivity index (χ0) is 18.4. The van der Waals surface area contributed by atoms with Gasteiger partial charge in [-0.15, -0.1) is 0 Å². The van der Waals surface area contributed by atoms with Crippen LogP contribution in [0, 0.1) is 17.0 Å². The fourth-order valence-corrected chi connectivity index (χ4v) is 2.98. The summed E-state index contributed by atoms with van der Waals surface area (Å²) in [6.45, 7) is 2.46. The second-order valence-electron chi connectivity index (χ2n) is 6.25. The van der Waals surface area contributed by atoms with Gasteiger partial charge < -0.3 is 10.6 Å². The molecule has 0 amide bonds. The van der Waals surface area contributed by atoms with Crippen LogP contribution in [0.3, 0.4) is 0 Å². The van der Waals surface area contributed by atoms with Gasteiger partial charge in [0.1, 0.15) is 12.1 Å². The third kappa shape index (κ3) is 4.53. The normalized spacial score (nSPS) is 13.8. The van der Waals surface area contributed by atoms with E-state index in [9.17, 15) is 10.1 Å². The molecule has 2 aromatic rings. The molecule has 2 aromatic heterocycles. The first-order valence-electron chi connectivity index (χ1n) is 8.75. The van der Waals surface area contributed by atoms with Crippen molar-refractivity contribution in [2.24, 2.45) is 0 Å². The van der Waals surface area contributed by atoms with E-state index in [1.54, 1.807) is 6.07 Å². The molecule has 0 aliphatic heterocycles. The molecule has 0 spiro atoms. The first kappa shape index (κ1) is 17.8. The first-order chi connectivity index (χ1) is 12.6. The van der Waals surface area contributed by atoms with Crippen LogP contribution in [0.25, 0.3) is 0 Å². The minimum absolute atomic E-state index is 0.127. The van der Waals surface area contributed by atoms with Gasteiger partial charge in [-0.1, -0.05) is 17.7 Å². The summed E-state index contributed by atoms with van der Waals surface area (Å²) in [4.78, 5) is 23.5. The number of nitro groups is 1. The molecule has 0 atom stereocenters. The summed E-state index contributed by atoms with van der Waals surface area (Å²) in [5, 5.41) is 17.6. The number of pyridine rings is 1. The van der Waals surface area contributed by atoms with Crippen molar-refractivity contribution < 1.29 is 4.92 Å². The minimum atomic E-state index is -0.472. The van der Waals surface area contributed by atoms with Crippen molar-refractivity contribution in [2.45, 2.75) is 39.0 Å². The molecule has 2 N–H and O–H groups in total. The molecule has 0 fully saturated rings. The predicted molar refractivity (Wildman–Crippen MR) is 101 cm³/mol. The van der Waals surface area contributed by atoms with Crippen LogP contribution >= 0.6 is 0 Å². The maximum Gasteiger partial charge on any atom is 0.353 e. The lowest BCUT2D eigenvalue weighted by Gasteiger charge is -2.13. The zero-order valence-corrected chi connectivity index (χ0v) is 14.7. The van der Waals surface area contributed by atoms with Gasteiger partial charge in [0.2, 0.25) is 11.6 Å². The van der Waals surface area contributed by atoms with Crippen molar-refractivity contribution in [3.8, 4) is 0 Å². The molecule has 26 heavy (non-hydrogen) atoms. The number of anilines is 3. The van der Waals surface area contributed by atoms with Crippen LogP contribution in [0.5, 0.6) is 0 Å². The SMILES string of the molecule is Cc1cccc(Nc2ncnc(NCCC3=CCCCC3)c2[N+](=O)[O-])n1. The molecule has 8 nitrogen and oxygen atoms in total. The van der Waals surface area contributed by atoms with Gasteiger partial charge >= 0.3 is 5.69 Å². The van der Waals surface area contributed by atoms with E-state index in [4.69, 9.17) is 0 Å². The molecular formula is C18H22N6O2. The molecule has 2 heterocycles. The lowest BCUT2D eigenvalue weighted by molar-refractivity contribution is -0.383. The Morgan fingerprint density at radius 3 is 2.81 bits per heavy atom. The van der Waals surface area contributed by atoms with Crippen molar-refractivity contribution in [1.29, 1.82) is 0 Å². The summed E-state index contributed by atoms with van der Waals surface area (Å²) in [6, 6.07) is 5.42. The van der Waals surface area contributed by atoms with Crippen molar-refractivity contribution in [1.82, 2.24) is 15.0 Å². The number of allylic oxidation sites excluding steroid dienone is 1. The highest BCUT2D eigenvalue weighted by Gasteiger charge is 2.23. The molecule has 0 unspecified atom stereocenters. The van der Waals surface area contributed by atoms with E-state index >= 15 is 0 Å². The van der Waals surface area contributed by atoms with Crippen molar-refractivity contribution in [3.05, 3.63) is 52.0 Å². The van der Waals surface area contributed by atoms with E-state index in [0.717, 1.165) is 25.0 Å². The summed E-state index contributed by atoms with van der Waals surface area (Å²) >= 11 is 0. The van der Waals surface area contributed by atoms with Gasteiger partial charge in [-0.3, -0.25) is 10.1 Å². The monoisotopic (exact) mass is 354 g/mol. The fourth-order valence-electron chi connectivity index (χ4n) is 2.98. The highest BCUT2D eigenvalue weighted by atomic mass is 16.6. The number of rotatable bonds is 7. The van der Waals surface area contributed by atoms with E-state index in [2.05, 4.69) is 31.7 Å². The van der Waals surface area contributed by atoms with Crippen LogP contribution < -0.4 is 10.6 Å². The molecule has 0 saturated heterocycles. The number of nitrogens with one attached hydrogen (secondary N) is 2. The quantitative estimate of drug-likeness (QED) is 0.437. The van der Waals surface area contributed by atoms with Crippen molar-refractivity contribution in [3.63, 3.8) is 0 Å². The Hall–Kier alpha value is -3.03. The third-order valence-corrected chi connectivity index (χ3v) is 4.26. The summed E-state index contributed by atoms with van der Waals surface area (Å²) in [5.74, 6) is 0.851. The van der Waals surface area contributed by atoms with E-state index in [0.29, 0.717) is 12.4 Å². The smallest absolute Gasteiger partial charge is 0.353 e. The van der Waals surface area contributed by atoms with E-state index in [-0.39, 0.29) is 17.3 Å². The lowest BCUT2D eigenvalue weighted by Crippen LogP contribution is -2.10. The van der Waals surface area contributed by atoms with Crippen LogP contribution in [-0.2, 0) is 0 Å². The molecule has 0 saturated carbocycles. The van der Waals surface area contributed by atoms with Gasteiger partial charge in [-0.05, 0) is 51.2 Å². The Labute approximate surface area is 151 Å². The largest absolute Gasteiger partial charge is 0.364 e. The number of aryl methyl sites for hydroxylation is 1. The average Bonchev–Trinajstić information content (AvgIpc) is 2.62. The lowest BCUT2D eigenvalue weighted by atomic mass is 9.97. The second kappa shape index (κ2) is 8.37. The van der Waals surface area contributed by atoms with Gasteiger partial charge in [0.25, 0.3) is 0 Å². The van der Waals surface area contributed by atoms with Gasteiger partial charge in [0.15, 0.2) is 0 Å². The third-order valence-electron chi connectivity index (χ3n) is 4.26. The minimum Gasteiger partial charge on any atom is -0.364 e. The summed E-state index contributed by atoms with van der Waals surface area (Å²) in [6.07, 6.45) is 9.15. The van der Waals surface area contributed by atoms with Crippen LogP contribution in [-0.4, -0.2) is 26.4 Å². The number of nitrogens with zero attached hydrogens (tertiary/aromatic N) is 4. The van der Waals surface area contributed by atoms with E-state index in [1.807, 2.05) is 19.1 Å². The topological polar surface area (TPSA) is 106 Å². The standard InChI is InChI=1S/C18H22N6O2/c1-13-6-5-9-15(22-13)23-18-16(24(25)26)17(20-12-21-18)19-11-10-14-7-3-2-4-8-14/h5-7,9,12H,2-4,8,10-11H2,1H3,(H2,19,20,21,22,23). The van der Waals surface area contributed by atoms with Crippen LogP contribution in [0.2, 0.25) is 0 Å². The Balaban J connectivity index is 1.75. The molecule has 136 valence electrons. The van der Waals surface area contributed by atoms with E-state index in [1.165, 1.54) is 24.7 Å². The van der Waals surface area contributed by atoms with Crippen LogP contribution in [0.15, 0.2) is 36.2 Å². The highest BCUT2D eigenvalue weighted by Crippen LogP contribution is 2.31. The van der Waals surface area contributed by atoms with Crippen molar-refractivity contribution >= 4 is 23.1 Å². The van der Waals surface area contributed by atoms with Gasteiger partial charge in [0.05, 0.1) is 4.92 Å². The molecule has 1 aliphatic rings.